The molecule has 1 aromatic rings. The van der Waals surface area contributed by atoms with Crippen LogP contribution in [-0.4, -0.2) is 98.6 Å². The van der Waals surface area contributed by atoms with Gasteiger partial charge in [0.25, 0.3) is 0 Å². The van der Waals surface area contributed by atoms with E-state index in [9.17, 15) is 4.79 Å². The molecule has 0 spiro atoms. The number of esters is 1. The maximum atomic E-state index is 14.8. The van der Waals surface area contributed by atoms with Gasteiger partial charge in [-0.2, -0.15) is 0 Å². The van der Waals surface area contributed by atoms with Crippen LogP contribution in [0.4, 0.5) is 0 Å². The van der Waals surface area contributed by atoms with Crippen molar-refractivity contribution in [1.82, 2.24) is 14.9 Å². The number of piperazine rings is 1. The summed E-state index contributed by atoms with van der Waals surface area (Å²) in [5.74, 6) is 7.97. The predicted molar refractivity (Wildman–Crippen MR) is 221 cm³/mol. The second-order valence-corrected chi connectivity index (χ2v) is 20.2. The van der Waals surface area contributed by atoms with Crippen molar-refractivity contribution in [2.75, 3.05) is 59.6 Å². The van der Waals surface area contributed by atoms with Gasteiger partial charge in [0, 0.05) is 43.6 Å². The molecule has 2 heterocycles. The molecule has 11 heteroatoms. The van der Waals surface area contributed by atoms with Gasteiger partial charge in [0.05, 0.1) is 37.9 Å². The predicted octanol–water partition coefficient (Wildman–Crippen LogP) is 5.60. The fourth-order valence-electron chi connectivity index (χ4n) is 13.5. The first-order chi connectivity index (χ1) is 26.5. The number of guanidine groups is 1. The molecule has 0 unspecified atom stereocenters. The van der Waals surface area contributed by atoms with E-state index in [1.54, 1.807) is 0 Å². The molecule has 0 amide bonds. The van der Waals surface area contributed by atoms with Crippen LogP contribution in [0.1, 0.15) is 92.6 Å². The Bertz CT molecular complexity index is 1630. The number of hydrazine groups is 1. The molecule has 7 rings (SSSR count). The SMILES string of the molecule is CC(C)[C@@H](C)[C@@]1(C)CC[C@]2(C)[C@H]3CC[C@@H]4[C@@]5(COC[C@]4(C)[C@@H](OCCN4CCN(C)CC4)[C@H](N(N)N=C(N)N)C5)C3=CC[C@@]2(C)[C@@H]1C(=O)OCc1ccccc1. The van der Waals surface area contributed by atoms with Gasteiger partial charge in [-0.3, -0.25) is 9.69 Å². The molecule has 2 aliphatic heterocycles. The number of rotatable bonds is 11. The Labute approximate surface area is 337 Å². The molecular weight excluding hydrogens is 703 g/mol. The summed E-state index contributed by atoms with van der Waals surface area (Å²) in [7, 11) is 2.19. The zero-order valence-electron chi connectivity index (χ0n) is 35.8. The summed E-state index contributed by atoms with van der Waals surface area (Å²) >= 11 is 0. The minimum Gasteiger partial charge on any atom is -0.461 e. The molecule has 4 aliphatic carbocycles. The lowest BCUT2D eigenvalue weighted by atomic mass is 9.34. The molecular formula is C45H73N7O4. The van der Waals surface area contributed by atoms with E-state index in [1.807, 2.05) is 30.3 Å². The number of hydrogen-bond acceptors (Lipinski definition) is 9. The molecule has 312 valence electrons. The van der Waals surface area contributed by atoms with Crippen LogP contribution in [0.5, 0.6) is 0 Å². The Kier molecular flexibility index (Phi) is 11.5. The molecule has 2 saturated heterocycles. The van der Waals surface area contributed by atoms with Crippen LogP contribution in [0.3, 0.4) is 0 Å². The molecule has 11 nitrogen and oxygen atoms in total. The van der Waals surface area contributed by atoms with E-state index in [1.165, 1.54) is 10.7 Å². The van der Waals surface area contributed by atoms with Gasteiger partial charge in [0.1, 0.15) is 6.61 Å². The van der Waals surface area contributed by atoms with Crippen molar-refractivity contribution in [2.45, 2.75) is 106 Å². The van der Waals surface area contributed by atoms with Crippen molar-refractivity contribution in [1.29, 1.82) is 0 Å². The van der Waals surface area contributed by atoms with E-state index in [-0.39, 0.29) is 57.1 Å². The highest BCUT2D eigenvalue weighted by molar-refractivity contribution is 5.76. The summed E-state index contributed by atoms with van der Waals surface area (Å²) in [4.78, 5) is 19.7. The van der Waals surface area contributed by atoms with E-state index in [0.29, 0.717) is 50.1 Å². The summed E-state index contributed by atoms with van der Waals surface area (Å²) < 4.78 is 20.1. The zero-order valence-corrected chi connectivity index (χ0v) is 35.8. The number of hydrazone groups is 1. The van der Waals surface area contributed by atoms with E-state index in [4.69, 9.17) is 31.5 Å². The molecule has 2 bridgehead atoms. The van der Waals surface area contributed by atoms with Gasteiger partial charge in [-0.15, -0.1) is 5.10 Å². The van der Waals surface area contributed by atoms with Crippen LogP contribution >= 0.6 is 0 Å². The number of nitrogens with two attached hydrogens (primary N) is 3. The zero-order chi connectivity index (χ0) is 40.3. The highest BCUT2D eigenvalue weighted by Crippen LogP contribution is 2.75. The lowest BCUT2D eigenvalue weighted by molar-refractivity contribution is -0.255. The van der Waals surface area contributed by atoms with Gasteiger partial charge < -0.3 is 30.6 Å². The van der Waals surface area contributed by atoms with Gasteiger partial charge in [-0.05, 0) is 91.1 Å². The summed E-state index contributed by atoms with van der Waals surface area (Å²) in [6, 6.07) is 9.87. The third-order valence-corrected chi connectivity index (χ3v) is 17.2. The second kappa shape index (κ2) is 15.5. The van der Waals surface area contributed by atoms with Gasteiger partial charge >= 0.3 is 5.97 Å². The second-order valence-electron chi connectivity index (χ2n) is 20.2. The van der Waals surface area contributed by atoms with Crippen LogP contribution in [0.2, 0.25) is 0 Å². The van der Waals surface area contributed by atoms with E-state index in [0.717, 1.165) is 76.8 Å². The number of carbonyl (C=O) groups is 1. The Morgan fingerprint density at radius 1 is 1.00 bits per heavy atom. The number of benzene rings is 1. The first-order valence-electron chi connectivity index (χ1n) is 21.6. The molecule has 0 radical (unpaired) electrons. The number of likely N-dealkylation sites (N-methyl/N-ethyl adjacent to an activating group) is 1. The minimum absolute atomic E-state index is 0.0418. The van der Waals surface area contributed by atoms with E-state index in [2.05, 4.69) is 76.5 Å². The Morgan fingerprint density at radius 3 is 2.39 bits per heavy atom. The summed E-state index contributed by atoms with van der Waals surface area (Å²) in [6.45, 7) is 24.0. The average molecular weight is 776 g/mol. The van der Waals surface area contributed by atoms with Gasteiger partial charge in [0.2, 0.25) is 5.96 Å². The maximum absolute atomic E-state index is 14.8. The van der Waals surface area contributed by atoms with E-state index >= 15 is 0 Å². The van der Waals surface area contributed by atoms with Crippen molar-refractivity contribution in [2.24, 2.45) is 79.1 Å². The average Bonchev–Trinajstić information content (AvgIpc) is 3.15. The first-order valence-corrected chi connectivity index (χ1v) is 21.6. The number of nitrogens with zero attached hydrogens (tertiary/aromatic N) is 4. The molecule has 5 fully saturated rings. The van der Waals surface area contributed by atoms with Crippen LogP contribution in [0.15, 0.2) is 47.1 Å². The Balaban J connectivity index is 1.24. The number of ether oxygens (including phenoxy) is 3. The highest BCUT2D eigenvalue weighted by atomic mass is 16.5. The molecule has 0 aromatic heterocycles. The van der Waals surface area contributed by atoms with Crippen molar-refractivity contribution in [3.05, 3.63) is 47.5 Å². The lowest BCUT2D eigenvalue weighted by Gasteiger charge is -2.71. The highest BCUT2D eigenvalue weighted by Gasteiger charge is 2.72. The van der Waals surface area contributed by atoms with Crippen molar-refractivity contribution >= 4 is 11.9 Å². The first kappa shape index (κ1) is 41.5. The maximum Gasteiger partial charge on any atom is 0.310 e. The molecule has 1 aromatic carbocycles. The lowest BCUT2D eigenvalue weighted by Crippen LogP contribution is -2.72. The third-order valence-electron chi connectivity index (χ3n) is 17.2. The fourth-order valence-corrected chi connectivity index (χ4v) is 13.5. The van der Waals surface area contributed by atoms with Crippen LogP contribution in [0.25, 0.3) is 0 Å². The Hall–Kier alpha value is -2.70. The van der Waals surface area contributed by atoms with Gasteiger partial charge in [-0.25, -0.2) is 11.0 Å². The molecule has 11 atom stereocenters. The van der Waals surface area contributed by atoms with Crippen molar-refractivity contribution in [3.63, 3.8) is 0 Å². The van der Waals surface area contributed by atoms with Crippen molar-refractivity contribution < 1.29 is 19.0 Å². The van der Waals surface area contributed by atoms with E-state index < -0.39 is 0 Å². The standard InChI is InChI=1S/C45H73N7O4/c1-30(2)31(3)41(4)18-19-43(6)33-14-15-36-42(5)28-54-29-45(36,34(33)16-17-44(43,7)37(41)39(53)56-27-32-12-10-9-11-13-32)26-35(52(48)49-40(46)47)38(42)55-25-24-51-22-20-50(8)21-23-51/h9-13,16,30-31,33,35-38H,14-15,17-29,48H2,1-8H3,(H4,46,47,49)/t31-,33+,35-,36+,37-,38+,41-,42+,43-,44+,45+/m1/s1. The van der Waals surface area contributed by atoms with Gasteiger partial charge in [-0.1, -0.05) is 90.4 Å². The van der Waals surface area contributed by atoms with Crippen LogP contribution in [-0.2, 0) is 25.6 Å². The quantitative estimate of drug-likeness (QED) is 0.0649. The normalized spacial score (nSPS) is 40.4. The fraction of sp³-hybridized carbons (Fsp3) is 0.778. The van der Waals surface area contributed by atoms with Gasteiger partial charge in [0.15, 0.2) is 0 Å². The molecule has 6 N–H and O–H groups in total. The molecule has 3 saturated carbocycles. The minimum atomic E-state index is -0.297. The largest absolute Gasteiger partial charge is 0.461 e. The molecule has 56 heavy (non-hydrogen) atoms. The number of hydrogen-bond donors (Lipinski definition) is 3. The monoisotopic (exact) mass is 776 g/mol. The summed E-state index contributed by atoms with van der Waals surface area (Å²) in [5, 5.41) is 5.94. The van der Waals surface area contributed by atoms with Crippen LogP contribution in [0, 0.1) is 56.7 Å². The van der Waals surface area contributed by atoms with Crippen molar-refractivity contribution in [3.8, 4) is 0 Å². The summed E-state index contributed by atoms with van der Waals surface area (Å²) in [6.07, 6.45) is 8.14. The third kappa shape index (κ3) is 6.79. The number of allylic oxidation sites excluding steroid dienone is 1. The summed E-state index contributed by atoms with van der Waals surface area (Å²) in [5.41, 5.74) is 13.3. The topological polar surface area (TPSA) is 145 Å². The number of carbonyl (C=O) groups excluding carboxylic acids is 1. The number of fused-ring (bicyclic) bond motifs is 3. The Morgan fingerprint density at radius 2 is 1.71 bits per heavy atom. The molecule has 6 aliphatic rings. The smallest absolute Gasteiger partial charge is 0.310 e. The van der Waals surface area contributed by atoms with Crippen LogP contribution < -0.4 is 17.3 Å².